The number of fused-ring (bicyclic) bond motifs is 1. The van der Waals surface area contributed by atoms with Crippen molar-refractivity contribution in [2.45, 2.75) is 57.9 Å². The van der Waals surface area contributed by atoms with Gasteiger partial charge in [0.25, 0.3) is 0 Å². The van der Waals surface area contributed by atoms with Gasteiger partial charge in [0.15, 0.2) is 0 Å². The van der Waals surface area contributed by atoms with Crippen LogP contribution in [0.3, 0.4) is 0 Å². The summed E-state index contributed by atoms with van der Waals surface area (Å²) in [5, 5.41) is 0. The Labute approximate surface area is 121 Å². The Hall–Kier alpha value is -0.960. The number of hydrogen-bond acceptors (Lipinski definition) is 3. The van der Waals surface area contributed by atoms with E-state index in [1.54, 1.807) is 0 Å². The first kappa shape index (κ1) is 12.8. The monoisotopic (exact) mass is 271 g/mol. The van der Waals surface area contributed by atoms with Crippen LogP contribution in [0.1, 0.15) is 55.6 Å². The fourth-order valence-electron chi connectivity index (χ4n) is 3.79. The van der Waals surface area contributed by atoms with Gasteiger partial charge in [-0.2, -0.15) is 0 Å². The molecule has 2 aliphatic carbocycles. The van der Waals surface area contributed by atoms with Crippen LogP contribution < -0.4 is 0 Å². The molecule has 0 N–H and O–H groups in total. The Morgan fingerprint density at radius 1 is 1.10 bits per heavy atom. The summed E-state index contributed by atoms with van der Waals surface area (Å²) in [6.07, 6.45) is 12.9. The standard InChI is InChI=1S/C17H25N3/c1-2-4-14(3-1)11-20-8-7-15-10-18-17(9-13-5-6-13)19-16(15)12-20/h10,13-14H,1-9,11-12H2. The highest BCUT2D eigenvalue weighted by atomic mass is 15.1. The predicted octanol–water partition coefficient (Wildman–Crippen LogP) is 2.98. The predicted molar refractivity (Wildman–Crippen MR) is 79.4 cm³/mol. The zero-order valence-corrected chi connectivity index (χ0v) is 12.4. The minimum atomic E-state index is 0.881. The Kier molecular flexibility index (Phi) is 3.47. The van der Waals surface area contributed by atoms with Gasteiger partial charge in [-0.25, -0.2) is 9.97 Å². The summed E-state index contributed by atoms with van der Waals surface area (Å²) in [5.74, 6) is 2.92. The van der Waals surface area contributed by atoms with E-state index in [9.17, 15) is 0 Å². The highest BCUT2D eigenvalue weighted by molar-refractivity contribution is 5.21. The van der Waals surface area contributed by atoms with Gasteiger partial charge in [0.05, 0.1) is 5.69 Å². The molecule has 0 radical (unpaired) electrons. The molecule has 1 aromatic rings. The van der Waals surface area contributed by atoms with Crippen molar-refractivity contribution >= 4 is 0 Å². The lowest BCUT2D eigenvalue weighted by atomic mass is 10.0. The van der Waals surface area contributed by atoms with Crippen LogP contribution in [-0.4, -0.2) is 28.0 Å². The minimum absolute atomic E-state index is 0.881. The molecule has 108 valence electrons. The third kappa shape index (κ3) is 2.88. The molecule has 0 amide bonds. The molecule has 2 saturated carbocycles. The molecule has 1 aromatic heterocycles. The van der Waals surface area contributed by atoms with Crippen LogP contribution in [0.25, 0.3) is 0 Å². The molecular formula is C17H25N3. The van der Waals surface area contributed by atoms with E-state index in [-0.39, 0.29) is 0 Å². The molecule has 1 aliphatic heterocycles. The average Bonchev–Trinajstić information content (AvgIpc) is 3.12. The quantitative estimate of drug-likeness (QED) is 0.843. The summed E-state index contributed by atoms with van der Waals surface area (Å²) in [6.45, 7) is 3.56. The first-order valence-electron chi connectivity index (χ1n) is 8.43. The molecule has 0 bridgehead atoms. The van der Waals surface area contributed by atoms with Crippen molar-refractivity contribution in [1.82, 2.24) is 14.9 Å². The molecular weight excluding hydrogens is 246 g/mol. The Morgan fingerprint density at radius 2 is 1.95 bits per heavy atom. The van der Waals surface area contributed by atoms with Gasteiger partial charge in [0.1, 0.15) is 5.82 Å². The second-order valence-corrected chi connectivity index (χ2v) is 7.04. The van der Waals surface area contributed by atoms with E-state index >= 15 is 0 Å². The van der Waals surface area contributed by atoms with Gasteiger partial charge in [0, 0.05) is 32.3 Å². The fourth-order valence-corrected chi connectivity index (χ4v) is 3.79. The molecule has 0 saturated heterocycles. The maximum atomic E-state index is 4.87. The van der Waals surface area contributed by atoms with E-state index in [0.29, 0.717) is 0 Å². The van der Waals surface area contributed by atoms with Crippen molar-refractivity contribution in [2.24, 2.45) is 11.8 Å². The Balaban J connectivity index is 1.42. The van der Waals surface area contributed by atoms with Gasteiger partial charge in [-0.1, -0.05) is 12.8 Å². The molecule has 0 spiro atoms. The summed E-state index contributed by atoms with van der Waals surface area (Å²) >= 11 is 0. The number of aromatic nitrogens is 2. The third-order valence-electron chi connectivity index (χ3n) is 5.23. The van der Waals surface area contributed by atoms with Gasteiger partial charge >= 0.3 is 0 Å². The average molecular weight is 271 g/mol. The Bertz CT molecular complexity index is 475. The summed E-state index contributed by atoms with van der Waals surface area (Å²) in [7, 11) is 0. The van der Waals surface area contributed by atoms with Crippen molar-refractivity contribution in [2.75, 3.05) is 13.1 Å². The molecule has 2 fully saturated rings. The summed E-state index contributed by atoms with van der Waals surface area (Å²) < 4.78 is 0. The third-order valence-corrected chi connectivity index (χ3v) is 5.23. The molecule has 4 rings (SSSR count). The van der Waals surface area contributed by atoms with Crippen molar-refractivity contribution in [1.29, 1.82) is 0 Å². The second-order valence-electron chi connectivity index (χ2n) is 7.04. The van der Waals surface area contributed by atoms with Gasteiger partial charge in [0.2, 0.25) is 0 Å². The maximum Gasteiger partial charge on any atom is 0.128 e. The summed E-state index contributed by atoms with van der Waals surface area (Å²) in [6, 6.07) is 0. The highest BCUT2D eigenvalue weighted by Gasteiger charge is 2.25. The van der Waals surface area contributed by atoms with Crippen molar-refractivity contribution in [3.05, 3.63) is 23.3 Å². The second kappa shape index (κ2) is 5.44. The van der Waals surface area contributed by atoms with Crippen LogP contribution in [0.5, 0.6) is 0 Å². The van der Waals surface area contributed by atoms with Crippen LogP contribution in [0.4, 0.5) is 0 Å². The van der Waals surface area contributed by atoms with Crippen LogP contribution in [0.2, 0.25) is 0 Å². The topological polar surface area (TPSA) is 29.0 Å². The van der Waals surface area contributed by atoms with Crippen LogP contribution in [0, 0.1) is 11.8 Å². The molecule has 3 aliphatic rings. The van der Waals surface area contributed by atoms with E-state index in [1.165, 1.54) is 62.9 Å². The first-order chi connectivity index (χ1) is 9.87. The van der Waals surface area contributed by atoms with Gasteiger partial charge < -0.3 is 0 Å². The lowest BCUT2D eigenvalue weighted by molar-refractivity contribution is 0.211. The van der Waals surface area contributed by atoms with E-state index in [1.807, 2.05) is 0 Å². The summed E-state index contributed by atoms with van der Waals surface area (Å²) in [5.41, 5.74) is 2.71. The maximum absolute atomic E-state index is 4.87. The van der Waals surface area contributed by atoms with Gasteiger partial charge in [-0.15, -0.1) is 0 Å². The van der Waals surface area contributed by atoms with Crippen LogP contribution in [0.15, 0.2) is 6.20 Å². The lowest BCUT2D eigenvalue weighted by Crippen LogP contribution is -2.35. The van der Waals surface area contributed by atoms with Crippen molar-refractivity contribution in [3.63, 3.8) is 0 Å². The van der Waals surface area contributed by atoms with Crippen LogP contribution in [-0.2, 0) is 19.4 Å². The number of nitrogens with zero attached hydrogens (tertiary/aromatic N) is 3. The molecule has 0 aromatic carbocycles. The first-order valence-corrected chi connectivity index (χ1v) is 8.43. The largest absolute Gasteiger partial charge is 0.297 e. The molecule has 2 heterocycles. The van der Waals surface area contributed by atoms with Crippen molar-refractivity contribution < 1.29 is 0 Å². The minimum Gasteiger partial charge on any atom is -0.297 e. The van der Waals surface area contributed by atoms with Crippen LogP contribution >= 0.6 is 0 Å². The van der Waals surface area contributed by atoms with E-state index in [0.717, 1.165) is 37.0 Å². The zero-order valence-electron chi connectivity index (χ0n) is 12.4. The van der Waals surface area contributed by atoms with E-state index in [2.05, 4.69) is 16.1 Å². The van der Waals surface area contributed by atoms with Gasteiger partial charge in [-0.3, -0.25) is 4.90 Å². The molecule has 20 heavy (non-hydrogen) atoms. The molecule has 0 atom stereocenters. The SMILES string of the molecule is c1nc(CC2CC2)nc2c1CCN(CC1CCCC1)C2. The normalized spacial score (nSPS) is 24.0. The molecule has 0 unspecified atom stereocenters. The zero-order chi connectivity index (χ0) is 13.4. The van der Waals surface area contributed by atoms with Crippen molar-refractivity contribution in [3.8, 4) is 0 Å². The smallest absolute Gasteiger partial charge is 0.128 e. The van der Waals surface area contributed by atoms with E-state index < -0.39 is 0 Å². The van der Waals surface area contributed by atoms with E-state index in [4.69, 9.17) is 4.98 Å². The molecule has 3 heteroatoms. The van der Waals surface area contributed by atoms with Gasteiger partial charge in [-0.05, 0) is 49.5 Å². The number of rotatable bonds is 4. The Morgan fingerprint density at radius 3 is 2.75 bits per heavy atom. The summed E-state index contributed by atoms with van der Waals surface area (Å²) in [4.78, 5) is 12.1. The molecule has 3 nitrogen and oxygen atoms in total. The lowest BCUT2D eigenvalue weighted by Gasteiger charge is -2.30. The fraction of sp³-hybridized carbons (Fsp3) is 0.765. The number of hydrogen-bond donors (Lipinski definition) is 0. The highest BCUT2D eigenvalue weighted by Crippen LogP contribution is 2.32.